The number of hydrazine groups is 1. The van der Waals surface area contributed by atoms with Gasteiger partial charge in [0.25, 0.3) is 5.91 Å². The van der Waals surface area contributed by atoms with Crippen molar-refractivity contribution in [2.24, 2.45) is 0 Å². The zero-order valence-electron chi connectivity index (χ0n) is 21.1. The average molecular weight is 505 g/mol. The van der Waals surface area contributed by atoms with E-state index >= 15 is 0 Å². The summed E-state index contributed by atoms with van der Waals surface area (Å²) in [5, 5.41) is 11.2. The van der Waals surface area contributed by atoms with Gasteiger partial charge in [-0.25, -0.2) is 4.98 Å². The Morgan fingerprint density at radius 2 is 1.83 bits per heavy atom. The Bertz CT molecular complexity index is 1160. The van der Waals surface area contributed by atoms with E-state index in [0.29, 0.717) is 11.4 Å². The van der Waals surface area contributed by atoms with E-state index in [1.807, 2.05) is 43.3 Å². The van der Waals surface area contributed by atoms with Crippen molar-refractivity contribution in [3.63, 3.8) is 0 Å². The van der Waals surface area contributed by atoms with Crippen LogP contribution in [0.1, 0.15) is 60.4 Å². The molecule has 0 radical (unpaired) electrons. The van der Waals surface area contributed by atoms with Gasteiger partial charge in [0.15, 0.2) is 5.82 Å². The fourth-order valence-corrected chi connectivity index (χ4v) is 4.22. The molecule has 0 saturated heterocycles. The third-order valence-electron chi connectivity index (χ3n) is 6.03. The van der Waals surface area contributed by atoms with Crippen LogP contribution in [-0.4, -0.2) is 40.4 Å². The molecule has 0 aliphatic rings. The van der Waals surface area contributed by atoms with Crippen LogP contribution in [0.25, 0.3) is 0 Å². The van der Waals surface area contributed by atoms with Gasteiger partial charge in [0.2, 0.25) is 5.82 Å². The van der Waals surface area contributed by atoms with Crippen molar-refractivity contribution >= 4 is 23.3 Å². The number of anilines is 1. The Hall–Kier alpha value is -3.47. The fraction of sp³-hybridized carbons (Fsp3) is 0.357. The number of benzene rings is 2. The molecule has 1 amide bonds. The Kier molecular flexibility index (Phi) is 10.2. The molecule has 188 valence electrons. The van der Waals surface area contributed by atoms with Gasteiger partial charge >= 0.3 is 0 Å². The van der Waals surface area contributed by atoms with E-state index < -0.39 is 0 Å². The van der Waals surface area contributed by atoms with Crippen molar-refractivity contribution in [1.29, 1.82) is 5.26 Å². The molecule has 36 heavy (non-hydrogen) atoms. The Balaban J connectivity index is 1.69. The highest BCUT2D eigenvalue weighted by Crippen LogP contribution is 2.26. The molecule has 2 aromatic carbocycles. The molecule has 0 bridgehead atoms. The number of carbonyl (C=O) groups excluding carboxylic acids is 1. The summed E-state index contributed by atoms with van der Waals surface area (Å²) >= 11 is 6.38. The van der Waals surface area contributed by atoms with E-state index in [0.717, 1.165) is 44.3 Å². The minimum atomic E-state index is -0.262. The normalized spacial score (nSPS) is 11.7. The highest BCUT2D eigenvalue weighted by molar-refractivity contribution is 6.32. The summed E-state index contributed by atoms with van der Waals surface area (Å²) in [6, 6.07) is 20.0. The molecular formula is C28H33ClN6O. The van der Waals surface area contributed by atoms with E-state index in [2.05, 4.69) is 58.5 Å². The second kappa shape index (κ2) is 13.6. The van der Waals surface area contributed by atoms with Crippen LogP contribution in [0.5, 0.6) is 0 Å². The minimum Gasteiger partial charge on any atom is -0.302 e. The molecular weight excluding hydrogens is 472 g/mol. The number of halogens is 1. The van der Waals surface area contributed by atoms with Crippen LogP contribution in [0, 0.1) is 11.3 Å². The highest BCUT2D eigenvalue weighted by atomic mass is 35.5. The third kappa shape index (κ3) is 7.51. The van der Waals surface area contributed by atoms with Crippen molar-refractivity contribution in [3.8, 4) is 6.07 Å². The number of nitriles is 1. The second-order valence-corrected chi connectivity index (χ2v) is 9.22. The topological polar surface area (TPSA) is 85.2 Å². The second-order valence-electron chi connectivity index (χ2n) is 8.81. The first-order valence-electron chi connectivity index (χ1n) is 12.3. The van der Waals surface area contributed by atoms with Crippen LogP contribution in [0.4, 0.5) is 5.82 Å². The highest BCUT2D eigenvalue weighted by Gasteiger charge is 2.24. The maximum Gasteiger partial charge on any atom is 0.269 e. The number of likely N-dealkylation sites (N-methyl/N-ethyl adjacent to an activating group) is 1. The molecule has 3 rings (SSSR count). The third-order valence-corrected chi connectivity index (χ3v) is 6.29. The minimum absolute atomic E-state index is 0.000683. The van der Waals surface area contributed by atoms with Crippen LogP contribution in [-0.2, 0) is 13.0 Å². The Morgan fingerprint density at radius 1 is 1.11 bits per heavy atom. The molecule has 0 aliphatic carbocycles. The standard InChI is InChI=1S/C28H33ClN6O/c1-4-9-24(5-2)35(27-25(29)19-31-26(18-30)32-27)33-28(36)23-14-12-22(13-15-23)20-34(3)17-16-21-10-7-6-8-11-21/h6-8,10-15,19,24H,4-5,9,16-17,20H2,1-3H3,(H,33,36). The summed E-state index contributed by atoms with van der Waals surface area (Å²) in [6.45, 7) is 5.87. The van der Waals surface area contributed by atoms with Gasteiger partial charge in [-0.2, -0.15) is 10.2 Å². The number of nitrogens with one attached hydrogen (secondary N) is 1. The van der Waals surface area contributed by atoms with Crippen molar-refractivity contribution < 1.29 is 4.79 Å². The van der Waals surface area contributed by atoms with Gasteiger partial charge in [-0.3, -0.25) is 15.2 Å². The van der Waals surface area contributed by atoms with E-state index in [-0.39, 0.29) is 22.8 Å². The predicted octanol–water partition coefficient (Wildman–Crippen LogP) is 5.41. The number of aromatic nitrogens is 2. The molecule has 8 heteroatoms. The molecule has 7 nitrogen and oxygen atoms in total. The SMILES string of the molecule is CCCC(CC)N(NC(=O)c1ccc(CN(C)CCc2ccccc2)cc1)c1nc(C#N)ncc1Cl. The molecule has 0 saturated carbocycles. The van der Waals surface area contributed by atoms with Gasteiger partial charge in [0.1, 0.15) is 11.1 Å². The van der Waals surface area contributed by atoms with Gasteiger partial charge in [-0.1, -0.05) is 74.3 Å². The number of amides is 1. The van der Waals surface area contributed by atoms with E-state index in [9.17, 15) is 10.1 Å². The summed E-state index contributed by atoms with van der Waals surface area (Å²) in [6.07, 6.45) is 4.90. The molecule has 0 fully saturated rings. The Labute approximate surface area is 218 Å². The molecule has 0 aliphatic heterocycles. The lowest BCUT2D eigenvalue weighted by Crippen LogP contribution is -2.49. The van der Waals surface area contributed by atoms with Crippen molar-refractivity contribution in [1.82, 2.24) is 20.3 Å². The molecule has 1 aromatic heterocycles. The smallest absolute Gasteiger partial charge is 0.269 e. The summed E-state index contributed by atoms with van der Waals surface area (Å²) in [5.74, 6) is 0.0657. The lowest BCUT2D eigenvalue weighted by molar-refractivity contribution is 0.0942. The summed E-state index contributed by atoms with van der Waals surface area (Å²) in [4.78, 5) is 23.7. The molecule has 1 atom stereocenters. The quantitative estimate of drug-likeness (QED) is 0.332. The van der Waals surface area contributed by atoms with Gasteiger partial charge in [-0.15, -0.1) is 0 Å². The number of carbonyl (C=O) groups is 1. The van der Waals surface area contributed by atoms with Gasteiger partial charge in [0.05, 0.1) is 12.2 Å². The van der Waals surface area contributed by atoms with Crippen molar-refractivity contribution in [2.75, 3.05) is 18.6 Å². The van der Waals surface area contributed by atoms with Crippen molar-refractivity contribution in [2.45, 2.75) is 52.1 Å². The molecule has 1 heterocycles. The number of hydrogen-bond acceptors (Lipinski definition) is 6. The zero-order chi connectivity index (χ0) is 25.9. The maximum absolute atomic E-state index is 13.2. The summed E-state index contributed by atoms with van der Waals surface area (Å²) in [5.41, 5.74) is 5.96. The van der Waals surface area contributed by atoms with Crippen LogP contribution in [0.2, 0.25) is 5.02 Å². The molecule has 3 aromatic rings. The lowest BCUT2D eigenvalue weighted by atomic mass is 10.1. The van der Waals surface area contributed by atoms with Crippen LogP contribution in [0.15, 0.2) is 60.8 Å². The molecule has 1 unspecified atom stereocenters. The summed E-state index contributed by atoms with van der Waals surface area (Å²) in [7, 11) is 2.10. The van der Waals surface area contributed by atoms with E-state index in [1.165, 1.54) is 11.8 Å². The lowest BCUT2D eigenvalue weighted by Gasteiger charge is -2.32. The maximum atomic E-state index is 13.2. The first kappa shape index (κ1) is 27.1. The van der Waals surface area contributed by atoms with Crippen LogP contribution < -0.4 is 10.4 Å². The molecule has 0 spiro atoms. The zero-order valence-corrected chi connectivity index (χ0v) is 21.9. The van der Waals surface area contributed by atoms with Gasteiger partial charge < -0.3 is 4.90 Å². The monoisotopic (exact) mass is 504 g/mol. The van der Waals surface area contributed by atoms with Crippen LogP contribution >= 0.6 is 11.6 Å². The van der Waals surface area contributed by atoms with E-state index in [1.54, 1.807) is 5.01 Å². The number of hydrogen-bond donors (Lipinski definition) is 1. The number of nitrogens with zero attached hydrogens (tertiary/aromatic N) is 5. The largest absolute Gasteiger partial charge is 0.302 e. The fourth-order valence-electron chi connectivity index (χ4n) is 4.04. The molecule has 1 N–H and O–H groups in total. The van der Waals surface area contributed by atoms with Gasteiger partial charge in [-0.05, 0) is 49.6 Å². The first-order valence-corrected chi connectivity index (χ1v) is 12.7. The van der Waals surface area contributed by atoms with Crippen LogP contribution in [0.3, 0.4) is 0 Å². The predicted molar refractivity (Wildman–Crippen MR) is 144 cm³/mol. The average Bonchev–Trinajstić information content (AvgIpc) is 2.90. The first-order chi connectivity index (χ1) is 17.4. The summed E-state index contributed by atoms with van der Waals surface area (Å²) < 4.78 is 0. The van der Waals surface area contributed by atoms with E-state index in [4.69, 9.17) is 11.6 Å². The Morgan fingerprint density at radius 3 is 2.47 bits per heavy atom. The van der Waals surface area contributed by atoms with Gasteiger partial charge in [0, 0.05) is 18.7 Å². The van der Waals surface area contributed by atoms with Crippen molar-refractivity contribution in [3.05, 3.63) is 88.3 Å². The number of rotatable bonds is 12.